The maximum Gasteiger partial charge on any atom is 0.220 e. The quantitative estimate of drug-likeness (QED) is 0.683. The summed E-state index contributed by atoms with van der Waals surface area (Å²) in [5.74, 6) is 1.14. The van der Waals surface area contributed by atoms with Gasteiger partial charge in [-0.3, -0.25) is 4.79 Å². The molecule has 0 aliphatic heterocycles. The maximum absolute atomic E-state index is 11.4. The van der Waals surface area contributed by atoms with Crippen LogP contribution in [0.25, 0.3) is 0 Å². The average molecular weight is 252 g/mol. The van der Waals surface area contributed by atoms with Gasteiger partial charge in [0.1, 0.15) is 5.82 Å². The second-order valence-corrected chi connectivity index (χ2v) is 4.74. The molecule has 3 N–H and O–H groups in total. The molecule has 0 aromatic carbocycles. The van der Waals surface area contributed by atoms with E-state index in [-0.39, 0.29) is 11.9 Å². The number of aromatic nitrogens is 2. The smallest absolute Gasteiger partial charge is 0.220 e. The molecule has 0 aliphatic rings. The summed E-state index contributed by atoms with van der Waals surface area (Å²) < 4.78 is 2.12. The number of unbranched alkanes of at least 4 members (excludes halogenated alkanes) is 1. The highest BCUT2D eigenvalue weighted by molar-refractivity contribution is 5.75. The number of nitrogens with two attached hydrogens (primary N) is 1. The van der Waals surface area contributed by atoms with Crippen LogP contribution < -0.4 is 11.1 Å². The SMILES string of the molecule is Cc1nccn1CCCCNC(=O)CCC(C)N. The number of imidazole rings is 1. The monoisotopic (exact) mass is 252 g/mol. The van der Waals surface area contributed by atoms with Crippen molar-refractivity contribution >= 4 is 5.91 Å². The fourth-order valence-electron chi connectivity index (χ4n) is 1.72. The second-order valence-electron chi connectivity index (χ2n) is 4.74. The van der Waals surface area contributed by atoms with Crippen LogP contribution in [-0.4, -0.2) is 28.0 Å². The number of amides is 1. The average Bonchev–Trinajstić information content (AvgIpc) is 2.72. The van der Waals surface area contributed by atoms with Crippen molar-refractivity contribution in [3.8, 4) is 0 Å². The van der Waals surface area contributed by atoms with E-state index in [9.17, 15) is 4.79 Å². The molecule has 1 aromatic heterocycles. The van der Waals surface area contributed by atoms with Gasteiger partial charge in [-0.05, 0) is 33.1 Å². The Labute approximate surface area is 109 Å². The van der Waals surface area contributed by atoms with E-state index >= 15 is 0 Å². The Morgan fingerprint density at radius 3 is 2.94 bits per heavy atom. The summed E-state index contributed by atoms with van der Waals surface area (Å²) in [5, 5.41) is 2.91. The van der Waals surface area contributed by atoms with Crippen LogP contribution >= 0.6 is 0 Å². The van der Waals surface area contributed by atoms with Crippen molar-refractivity contribution in [3.05, 3.63) is 18.2 Å². The van der Waals surface area contributed by atoms with E-state index < -0.39 is 0 Å². The van der Waals surface area contributed by atoms with Crippen molar-refractivity contribution in [3.63, 3.8) is 0 Å². The predicted molar refractivity (Wildman–Crippen MR) is 72.1 cm³/mol. The van der Waals surface area contributed by atoms with E-state index in [4.69, 9.17) is 5.73 Å². The topological polar surface area (TPSA) is 72.9 Å². The predicted octanol–water partition coefficient (Wildman–Crippen LogP) is 1.22. The van der Waals surface area contributed by atoms with Gasteiger partial charge in [0.05, 0.1) is 0 Å². The van der Waals surface area contributed by atoms with Gasteiger partial charge >= 0.3 is 0 Å². The summed E-state index contributed by atoms with van der Waals surface area (Å²) in [6.45, 7) is 5.61. The Bertz CT molecular complexity index is 360. The molecule has 18 heavy (non-hydrogen) atoms. The van der Waals surface area contributed by atoms with Crippen molar-refractivity contribution < 1.29 is 4.79 Å². The lowest BCUT2D eigenvalue weighted by atomic mass is 10.2. The molecule has 1 heterocycles. The molecule has 1 aromatic rings. The maximum atomic E-state index is 11.4. The summed E-state index contributed by atoms with van der Waals surface area (Å²) in [6, 6.07) is 0.0972. The van der Waals surface area contributed by atoms with Gasteiger partial charge < -0.3 is 15.6 Å². The van der Waals surface area contributed by atoms with Crippen molar-refractivity contribution in [1.29, 1.82) is 0 Å². The first-order valence-corrected chi connectivity index (χ1v) is 6.59. The third-order valence-electron chi connectivity index (χ3n) is 2.90. The van der Waals surface area contributed by atoms with E-state index in [0.717, 1.165) is 38.2 Å². The minimum absolute atomic E-state index is 0.0972. The molecule has 1 rings (SSSR count). The molecule has 0 saturated heterocycles. The minimum atomic E-state index is 0.0972. The number of carbonyl (C=O) groups is 1. The van der Waals surface area contributed by atoms with Crippen LogP contribution in [0.15, 0.2) is 12.4 Å². The van der Waals surface area contributed by atoms with Gasteiger partial charge in [-0.15, -0.1) is 0 Å². The van der Waals surface area contributed by atoms with E-state index in [1.54, 1.807) is 0 Å². The number of hydrogen-bond donors (Lipinski definition) is 2. The molecule has 102 valence electrons. The highest BCUT2D eigenvalue weighted by Gasteiger charge is 2.02. The molecule has 1 atom stereocenters. The Morgan fingerprint density at radius 2 is 2.33 bits per heavy atom. The summed E-state index contributed by atoms with van der Waals surface area (Å²) in [6.07, 6.45) is 7.10. The lowest BCUT2D eigenvalue weighted by Gasteiger charge is -2.07. The van der Waals surface area contributed by atoms with Crippen molar-refractivity contribution in [2.24, 2.45) is 5.73 Å². The van der Waals surface area contributed by atoms with E-state index in [2.05, 4.69) is 14.9 Å². The first kappa shape index (κ1) is 14.7. The van der Waals surface area contributed by atoms with Gasteiger partial charge in [0.2, 0.25) is 5.91 Å². The number of aryl methyl sites for hydroxylation is 2. The zero-order valence-electron chi connectivity index (χ0n) is 11.4. The fraction of sp³-hybridized carbons (Fsp3) is 0.692. The first-order valence-electron chi connectivity index (χ1n) is 6.59. The standard InChI is InChI=1S/C13H24N4O/c1-11(14)5-6-13(18)16-7-3-4-9-17-10-8-15-12(17)2/h8,10-11H,3-7,9,14H2,1-2H3,(H,16,18). The van der Waals surface area contributed by atoms with Gasteiger partial charge in [-0.2, -0.15) is 0 Å². The Kier molecular flexibility index (Phi) is 6.43. The van der Waals surface area contributed by atoms with Crippen LogP contribution in [0.5, 0.6) is 0 Å². The van der Waals surface area contributed by atoms with E-state index in [1.807, 2.05) is 26.2 Å². The number of rotatable bonds is 8. The van der Waals surface area contributed by atoms with E-state index in [0.29, 0.717) is 6.42 Å². The molecule has 1 unspecified atom stereocenters. The van der Waals surface area contributed by atoms with Gasteiger partial charge in [-0.25, -0.2) is 4.98 Å². The van der Waals surface area contributed by atoms with Crippen molar-refractivity contribution in [2.75, 3.05) is 6.54 Å². The summed E-state index contributed by atoms with van der Waals surface area (Å²) in [5.41, 5.74) is 5.60. The normalized spacial score (nSPS) is 12.4. The molecular weight excluding hydrogens is 228 g/mol. The molecule has 1 amide bonds. The van der Waals surface area contributed by atoms with Crippen molar-refractivity contribution in [1.82, 2.24) is 14.9 Å². The van der Waals surface area contributed by atoms with Crippen LogP contribution in [0.1, 0.15) is 38.4 Å². The molecule has 0 saturated carbocycles. The molecule has 0 fully saturated rings. The molecule has 5 nitrogen and oxygen atoms in total. The summed E-state index contributed by atoms with van der Waals surface area (Å²) in [4.78, 5) is 15.6. The minimum Gasteiger partial charge on any atom is -0.356 e. The largest absolute Gasteiger partial charge is 0.356 e. The van der Waals surface area contributed by atoms with E-state index in [1.165, 1.54) is 0 Å². The lowest BCUT2D eigenvalue weighted by Crippen LogP contribution is -2.26. The second kappa shape index (κ2) is 7.87. The third-order valence-corrected chi connectivity index (χ3v) is 2.90. The van der Waals surface area contributed by atoms with Gasteiger partial charge in [0, 0.05) is 37.9 Å². The number of hydrogen-bond acceptors (Lipinski definition) is 3. The number of carbonyl (C=O) groups excluding carboxylic acids is 1. The Hall–Kier alpha value is -1.36. The molecule has 0 bridgehead atoms. The van der Waals surface area contributed by atoms with Crippen LogP contribution in [-0.2, 0) is 11.3 Å². The fourth-order valence-corrected chi connectivity index (χ4v) is 1.72. The molecular formula is C13H24N4O. The Morgan fingerprint density at radius 1 is 1.56 bits per heavy atom. The zero-order chi connectivity index (χ0) is 13.4. The number of nitrogens with zero attached hydrogens (tertiary/aromatic N) is 2. The molecule has 0 aliphatic carbocycles. The molecule has 0 radical (unpaired) electrons. The van der Waals surface area contributed by atoms with Gasteiger partial charge in [-0.1, -0.05) is 0 Å². The third kappa shape index (κ3) is 5.82. The first-order chi connectivity index (χ1) is 8.59. The summed E-state index contributed by atoms with van der Waals surface area (Å²) >= 11 is 0. The zero-order valence-corrected chi connectivity index (χ0v) is 11.4. The highest BCUT2D eigenvalue weighted by atomic mass is 16.1. The lowest BCUT2D eigenvalue weighted by molar-refractivity contribution is -0.121. The van der Waals surface area contributed by atoms with Gasteiger partial charge in [0.15, 0.2) is 0 Å². The number of nitrogens with one attached hydrogen (secondary N) is 1. The van der Waals surface area contributed by atoms with Crippen LogP contribution in [0.2, 0.25) is 0 Å². The highest BCUT2D eigenvalue weighted by Crippen LogP contribution is 1.99. The Balaban J connectivity index is 2.02. The van der Waals surface area contributed by atoms with Crippen LogP contribution in [0.3, 0.4) is 0 Å². The summed E-state index contributed by atoms with van der Waals surface area (Å²) in [7, 11) is 0. The van der Waals surface area contributed by atoms with Crippen molar-refractivity contribution in [2.45, 2.75) is 52.1 Å². The van der Waals surface area contributed by atoms with Crippen LogP contribution in [0, 0.1) is 6.92 Å². The van der Waals surface area contributed by atoms with Gasteiger partial charge in [0.25, 0.3) is 0 Å². The molecule has 5 heteroatoms. The molecule has 0 spiro atoms. The van der Waals surface area contributed by atoms with Crippen LogP contribution in [0.4, 0.5) is 0 Å².